The van der Waals surface area contributed by atoms with Gasteiger partial charge in [-0.1, -0.05) is 32.9 Å². The first-order valence-electron chi connectivity index (χ1n) is 9.46. The fraction of sp³-hybridized carbons (Fsp3) is 0.261. The van der Waals surface area contributed by atoms with E-state index in [1.807, 2.05) is 54.6 Å². The molecule has 0 saturated heterocycles. The average Bonchev–Trinajstić information content (AvgIpc) is 2.72. The quantitative estimate of drug-likeness (QED) is 0.658. The first-order chi connectivity index (χ1) is 13.8. The number of benzene rings is 2. The largest absolute Gasteiger partial charge is 0.497 e. The van der Waals surface area contributed by atoms with E-state index < -0.39 is 0 Å². The Morgan fingerprint density at radius 2 is 1.69 bits per heavy atom. The van der Waals surface area contributed by atoms with Gasteiger partial charge in [0.15, 0.2) is 0 Å². The van der Waals surface area contributed by atoms with Crippen LogP contribution < -0.4 is 15.4 Å². The molecule has 0 aliphatic carbocycles. The van der Waals surface area contributed by atoms with Crippen molar-refractivity contribution in [1.82, 2.24) is 15.3 Å². The van der Waals surface area contributed by atoms with Gasteiger partial charge in [-0.15, -0.1) is 0 Å². The molecule has 3 rings (SSSR count). The molecule has 6 nitrogen and oxygen atoms in total. The van der Waals surface area contributed by atoms with Crippen molar-refractivity contribution < 1.29 is 9.53 Å². The zero-order valence-corrected chi connectivity index (χ0v) is 17.2. The van der Waals surface area contributed by atoms with Crippen molar-refractivity contribution in [3.05, 3.63) is 72.2 Å². The van der Waals surface area contributed by atoms with Crippen LogP contribution in [-0.2, 0) is 12.0 Å². The predicted molar refractivity (Wildman–Crippen MR) is 115 cm³/mol. The molecule has 2 N–H and O–H groups in total. The number of carbonyl (C=O) groups is 1. The molecular formula is C23H26N4O2. The van der Waals surface area contributed by atoms with Crippen LogP contribution in [0, 0.1) is 0 Å². The van der Waals surface area contributed by atoms with Gasteiger partial charge < -0.3 is 15.4 Å². The third kappa shape index (κ3) is 5.54. The molecule has 29 heavy (non-hydrogen) atoms. The highest BCUT2D eigenvalue weighted by molar-refractivity contribution is 5.89. The number of ether oxygens (including phenoxy) is 1. The van der Waals surface area contributed by atoms with Gasteiger partial charge in [-0.25, -0.2) is 14.8 Å². The SMILES string of the molecule is COc1ccc(-c2cc(CNC(=O)Nc3ccc(C(C)(C)C)cc3)ncn2)cc1. The maximum atomic E-state index is 12.2. The summed E-state index contributed by atoms with van der Waals surface area (Å²) >= 11 is 0. The fourth-order valence-electron chi connectivity index (χ4n) is 2.81. The molecule has 0 unspecified atom stereocenters. The summed E-state index contributed by atoms with van der Waals surface area (Å²) in [7, 11) is 1.63. The van der Waals surface area contributed by atoms with Crippen LogP contribution in [0.25, 0.3) is 11.3 Å². The lowest BCUT2D eigenvalue weighted by atomic mass is 9.87. The standard InChI is InChI=1S/C23H26N4O2/c1-23(2,3)17-7-9-18(10-8-17)27-22(28)24-14-19-13-21(26-15-25-19)16-5-11-20(29-4)12-6-16/h5-13,15H,14H2,1-4H3,(H2,24,27,28). The molecule has 0 fully saturated rings. The Kier molecular flexibility index (Phi) is 6.12. The Bertz CT molecular complexity index is 961. The van der Waals surface area contributed by atoms with Crippen LogP contribution >= 0.6 is 0 Å². The average molecular weight is 390 g/mol. The molecular weight excluding hydrogens is 364 g/mol. The van der Waals surface area contributed by atoms with Crippen LogP contribution in [0.3, 0.4) is 0 Å². The second-order valence-electron chi connectivity index (χ2n) is 7.76. The van der Waals surface area contributed by atoms with Crippen LogP contribution in [0.1, 0.15) is 32.0 Å². The molecule has 0 aliphatic rings. The number of nitrogens with zero attached hydrogens (tertiary/aromatic N) is 2. The highest BCUT2D eigenvalue weighted by Crippen LogP contribution is 2.23. The molecule has 0 aliphatic heterocycles. The van der Waals surface area contributed by atoms with E-state index >= 15 is 0 Å². The normalized spacial score (nSPS) is 11.0. The van der Waals surface area contributed by atoms with E-state index in [0.717, 1.165) is 28.4 Å². The zero-order chi connectivity index (χ0) is 20.9. The number of carbonyl (C=O) groups excluding carboxylic acids is 1. The zero-order valence-electron chi connectivity index (χ0n) is 17.2. The summed E-state index contributed by atoms with van der Waals surface area (Å²) < 4.78 is 5.18. The summed E-state index contributed by atoms with van der Waals surface area (Å²) in [5.74, 6) is 0.789. The lowest BCUT2D eigenvalue weighted by Crippen LogP contribution is -2.28. The van der Waals surface area contributed by atoms with Crippen LogP contribution in [0.2, 0.25) is 0 Å². The fourth-order valence-corrected chi connectivity index (χ4v) is 2.81. The summed E-state index contributed by atoms with van der Waals surface area (Å²) in [6, 6.07) is 17.1. The maximum Gasteiger partial charge on any atom is 0.319 e. The van der Waals surface area contributed by atoms with Gasteiger partial charge >= 0.3 is 6.03 Å². The van der Waals surface area contributed by atoms with Crippen molar-refractivity contribution >= 4 is 11.7 Å². The molecule has 150 valence electrons. The van der Waals surface area contributed by atoms with Gasteiger partial charge in [0, 0.05) is 11.3 Å². The Morgan fingerprint density at radius 1 is 1.00 bits per heavy atom. The van der Waals surface area contributed by atoms with E-state index in [1.54, 1.807) is 7.11 Å². The number of rotatable bonds is 5. The van der Waals surface area contributed by atoms with E-state index in [0.29, 0.717) is 6.54 Å². The van der Waals surface area contributed by atoms with Crippen molar-refractivity contribution in [1.29, 1.82) is 0 Å². The molecule has 0 bridgehead atoms. The van der Waals surface area contributed by atoms with E-state index in [2.05, 4.69) is 41.4 Å². The minimum atomic E-state index is -0.280. The summed E-state index contributed by atoms with van der Waals surface area (Å²) in [4.78, 5) is 20.8. The summed E-state index contributed by atoms with van der Waals surface area (Å²) in [6.07, 6.45) is 1.50. The third-order valence-corrected chi connectivity index (χ3v) is 4.55. The Labute approximate surface area is 171 Å². The van der Waals surface area contributed by atoms with Crippen LogP contribution in [0.5, 0.6) is 5.75 Å². The summed E-state index contributed by atoms with van der Waals surface area (Å²) in [5, 5.41) is 5.67. The van der Waals surface area contributed by atoms with Gasteiger partial charge in [-0.05, 0) is 53.4 Å². The van der Waals surface area contributed by atoms with Crippen molar-refractivity contribution in [2.75, 3.05) is 12.4 Å². The molecule has 1 aromatic heterocycles. The molecule has 0 spiro atoms. The number of methoxy groups -OCH3 is 1. The molecule has 3 aromatic rings. The van der Waals surface area contributed by atoms with Crippen molar-refractivity contribution in [2.45, 2.75) is 32.7 Å². The number of aromatic nitrogens is 2. The van der Waals surface area contributed by atoms with E-state index in [-0.39, 0.29) is 11.4 Å². The van der Waals surface area contributed by atoms with E-state index in [4.69, 9.17) is 4.74 Å². The van der Waals surface area contributed by atoms with Crippen molar-refractivity contribution in [3.8, 4) is 17.0 Å². The van der Waals surface area contributed by atoms with Crippen molar-refractivity contribution in [3.63, 3.8) is 0 Å². The second-order valence-corrected chi connectivity index (χ2v) is 7.76. The number of urea groups is 1. The van der Waals surface area contributed by atoms with Crippen molar-refractivity contribution in [2.24, 2.45) is 0 Å². The predicted octanol–water partition coefficient (Wildman–Crippen LogP) is 4.77. The van der Waals surface area contributed by atoms with E-state index in [1.165, 1.54) is 11.9 Å². The summed E-state index contributed by atoms with van der Waals surface area (Å²) in [5.41, 5.74) is 4.52. The molecule has 2 aromatic carbocycles. The highest BCUT2D eigenvalue weighted by atomic mass is 16.5. The smallest absolute Gasteiger partial charge is 0.319 e. The topological polar surface area (TPSA) is 76.1 Å². The van der Waals surface area contributed by atoms with Gasteiger partial charge in [0.1, 0.15) is 12.1 Å². The number of hydrogen-bond donors (Lipinski definition) is 2. The maximum absolute atomic E-state index is 12.2. The van der Waals surface area contributed by atoms with Crippen LogP contribution in [0.4, 0.5) is 10.5 Å². The Morgan fingerprint density at radius 3 is 2.31 bits per heavy atom. The molecule has 2 amide bonds. The number of hydrogen-bond acceptors (Lipinski definition) is 4. The van der Waals surface area contributed by atoms with Crippen LogP contribution in [0.15, 0.2) is 60.9 Å². The van der Waals surface area contributed by atoms with Crippen LogP contribution in [-0.4, -0.2) is 23.1 Å². The minimum absolute atomic E-state index is 0.0788. The lowest BCUT2D eigenvalue weighted by molar-refractivity contribution is 0.251. The number of amides is 2. The monoisotopic (exact) mass is 390 g/mol. The van der Waals surface area contributed by atoms with Gasteiger partial charge in [0.2, 0.25) is 0 Å². The van der Waals surface area contributed by atoms with E-state index in [9.17, 15) is 4.79 Å². The number of nitrogens with one attached hydrogen (secondary N) is 2. The van der Waals surface area contributed by atoms with Gasteiger partial charge in [-0.2, -0.15) is 0 Å². The number of anilines is 1. The molecule has 0 atom stereocenters. The summed E-state index contributed by atoms with van der Waals surface area (Å²) in [6.45, 7) is 6.77. The minimum Gasteiger partial charge on any atom is -0.497 e. The third-order valence-electron chi connectivity index (χ3n) is 4.55. The molecule has 1 heterocycles. The first kappa shape index (κ1) is 20.3. The molecule has 6 heteroatoms. The Balaban J connectivity index is 1.58. The first-order valence-corrected chi connectivity index (χ1v) is 9.46. The highest BCUT2D eigenvalue weighted by Gasteiger charge is 2.13. The van der Waals surface area contributed by atoms with Gasteiger partial charge in [0.05, 0.1) is 25.0 Å². The van der Waals surface area contributed by atoms with Gasteiger partial charge in [-0.3, -0.25) is 0 Å². The second kappa shape index (κ2) is 8.73. The Hall–Kier alpha value is -3.41. The molecule has 0 radical (unpaired) electrons. The molecule has 0 saturated carbocycles. The van der Waals surface area contributed by atoms with Gasteiger partial charge in [0.25, 0.3) is 0 Å². The lowest BCUT2D eigenvalue weighted by Gasteiger charge is -2.19.